The second kappa shape index (κ2) is 4.55. The predicted molar refractivity (Wildman–Crippen MR) is 74.8 cm³/mol. The molecule has 1 aliphatic rings. The fraction of sp³-hybridized carbons (Fsp3) is 0.0833. The molecule has 0 bridgehead atoms. The fourth-order valence-electron chi connectivity index (χ4n) is 1.58. The topological polar surface area (TPSA) is 38.4 Å². The number of alkyl halides is 3. The number of aromatic nitrogens is 1. The molecule has 3 nitrogen and oxygen atoms in total. The lowest BCUT2D eigenvalue weighted by Crippen LogP contribution is -2.04. The van der Waals surface area contributed by atoms with Gasteiger partial charge in [-0.2, -0.15) is 13.2 Å². The lowest BCUT2D eigenvalue weighted by molar-refractivity contribution is -0.137. The van der Waals surface area contributed by atoms with E-state index in [1.54, 1.807) is 16.5 Å². The van der Waals surface area contributed by atoms with Crippen molar-refractivity contribution in [2.45, 2.75) is 6.18 Å². The van der Waals surface area contributed by atoms with Gasteiger partial charge in [0.1, 0.15) is 5.52 Å². The van der Waals surface area contributed by atoms with Crippen LogP contribution in [0, 0.1) is 0 Å². The van der Waals surface area contributed by atoms with Crippen molar-refractivity contribution in [2.75, 3.05) is 0 Å². The Morgan fingerprint density at radius 1 is 1.21 bits per heavy atom. The van der Waals surface area contributed by atoms with E-state index in [0.717, 1.165) is 15.6 Å². The maximum absolute atomic E-state index is 12.6. The molecule has 1 aromatic carbocycles. The van der Waals surface area contributed by atoms with Gasteiger partial charge in [-0.25, -0.2) is 4.98 Å². The number of aliphatic imine (C=N–C) groups is 1. The molecule has 98 valence electrons. The Bertz CT molecular complexity index is 728. The molecule has 0 amide bonds. The van der Waals surface area contributed by atoms with Crippen molar-refractivity contribution in [2.24, 2.45) is 4.99 Å². The second-order valence-corrected chi connectivity index (χ2v) is 6.06. The Hall–Kier alpha value is -1.51. The molecule has 1 aliphatic heterocycles. The largest absolute Gasteiger partial charge is 0.436 e. The Balaban J connectivity index is 2.09. The second-order valence-electron chi connectivity index (χ2n) is 3.72. The van der Waals surface area contributed by atoms with Crippen LogP contribution in [0.4, 0.5) is 13.2 Å². The smallest absolute Gasteiger partial charge is 0.416 e. The number of rotatable bonds is 1. The summed E-state index contributed by atoms with van der Waals surface area (Å²) >= 11 is -0.439. The summed E-state index contributed by atoms with van der Waals surface area (Å²) in [4.78, 5) is 8.08. The first kappa shape index (κ1) is 12.5. The van der Waals surface area contributed by atoms with Crippen LogP contribution in [0.25, 0.3) is 11.1 Å². The molecule has 3 rings (SSSR count). The van der Waals surface area contributed by atoms with Crippen LogP contribution in [-0.2, 0) is 6.18 Å². The number of halogens is 4. The van der Waals surface area contributed by atoms with E-state index in [2.05, 4.69) is 9.98 Å². The van der Waals surface area contributed by atoms with Gasteiger partial charge in [0.05, 0.1) is 13.3 Å². The van der Waals surface area contributed by atoms with Gasteiger partial charge in [-0.3, -0.25) is 4.99 Å². The zero-order valence-corrected chi connectivity index (χ0v) is 11.4. The summed E-state index contributed by atoms with van der Waals surface area (Å²) in [7, 11) is 0. The Labute approximate surface area is 115 Å². The number of nitrogens with zero attached hydrogens (tertiary/aromatic N) is 2. The minimum absolute atomic E-state index is 0.220. The molecular weight excluding hydrogens is 372 g/mol. The van der Waals surface area contributed by atoms with Gasteiger partial charge in [0.25, 0.3) is 0 Å². The number of hydrogen-bond acceptors (Lipinski definition) is 3. The SMILES string of the molecule is FC(F)(F)c1ccc2oc(C3=IC=NC=C3)nc2c1. The molecule has 0 unspecified atom stereocenters. The first-order chi connectivity index (χ1) is 9.04. The highest BCUT2D eigenvalue weighted by Gasteiger charge is 2.31. The van der Waals surface area contributed by atoms with Crippen LogP contribution < -0.4 is 0 Å². The lowest BCUT2D eigenvalue weighted by atomic mass is 10.2. The Morgan fingerprint density at radius 2 is 2.05 bits per heavy atom. The van der Waals surface area contributed by atoms with Crippen LogP contribution >= 0.6 is 20.7 Å². The van der Waals surface area contributed by atoms with E-state index >= 15 is 0 Å². The van der Waals surface area contributed by atoms with Gasteiger partial charge in [0, 0.05) is 6.20 Å². The zero-order valence-electron chi connectivity index (χ0n) is 9.28. The van der Waals surface area contributed by atoms with Crippen LogP contribution in [0.2, 0.25) is 0 Å². The number of benzene rings is 1. The van der Waals surface area contributed by atoms with E-state index in [9.17, 15) is 13.2 Å². The molecule has 0 atom stereocenters. The minimum Gasteiger partial charge on any atom is -0.436 e. The summed E-state index contributed by atoms with van der Waals surface area (Å²) in [5.41, 5.74) is -0.145. The molecular formula is C12H6F3IN2O. The zero-order chi connectivity index (χ0) is 13.5. The van der Waals surface area contributed by atoms with E-state index in [0.29, 0.717) is 11.5 Å². The summed E-state index contributed by atoms with van der Waals surface area (Å²) in [6.07, 6.45) is -0.970. The van der Waals surface area contributed by atoms with Crippen LogP contribution in [0.1, 0.15) is 11.5 Å². The summed E-state index contributed by atoms with van der Waals surface area (Å²) < 4.78 is 45.9. The maximum atomic E-state index is 12.6. The minimum atomic E-state index is -4.37. The molecule has 0 saturated carbocycles. The Kier molecular flexibility index (Phi) is 3.00. The lowest BCUT2D eigenvalue weighted by Gasteiger charge is -2.04. The summed E-state index contributed by atoms with van der Waals surface area (Å²) in [6.45, 7) is 0. The third-order valence-electron chi connectivity index (χ3n) is 2.45. The maximum Gasteiger partial charge on any atom is 0.416 e. The van der Waals surface area contributed by atoms with E-state index in [-0.39, 0.29) is 5.52 Å². The summed E-state index contributed by atoms with van der Waals surface area (Å²) in [5, 5.41) is 0. The number of allylic oxidation sites excluding steroid dienone is 1. The van der Waals surface area contributed by atoms with Crippen molar-refractivity contribution < 1.29 is 17.6 Å². The van der Waals surface area contributed by atoms with E-state index in [1.165, 1.54) is 6.07 Å². The average Bonchev–Trinajstić information content (AvgIpc) is 2.81. The molecule has 2 heterocycles. The van der Waals surface area contributed by atoms with E-state index in [4.69, 9.17) is 4.42 Å². The van der Waals surface area contributed by atoms with E-state index < -0.39 is 32.5 Å². The fourth-order valence-corrected chi connectivity index (χ4v) is 3.09. The quantitative estimate of drug-likeness (QED) is 0.707. The third kappa shape index (κ3) is 2.46. The molecule has 1 aromatic heterocycles. The first-order valence-corrected chi connectivity index (χ1v) is 7.53. The van der Waals surface area contributed by atoms with Crippen molar-refractivity contribution >= 4 is 39.6 Å². The van der Waals surface area contributed by atoms with Gasteiger partial charge in [0.2, 0.25) is 5.89 Å². The molecule has 0 radical (unpaired) electrons. The average molecular weight is 378 g/mol. The van der Waals surface area contributed by atoms with Gasteiger partial charge in [-0.05, 0) is 24.3 Å². The molecule has 0 aliphatic carbocycles. The standard InChI is InChI=1S/C12H6F3IN2O/c13-12(14,15)7-1-2-10-9(5-7)18-11(19-10)8-3-4-17-6-16-8/h1-6H. The monoisotopic (exact) mass is 378 g/mol. The van der Waals surface area contributed by atoms with Crippen molar-refractivity contribution in [1.82, 2.24) is 4.98 Å². The van der Waals surface area contributed by atoms with Gasteiger partial charge >= 0.3 is 6.18 Å². The van der Waals surface area contributed by atoms with Crippen molar-refractivity contribution in [3.05, 3.63) is 41.9 Å². The summed E-state index contributed by atoms with van der Waals surface area (Å²) in [5.74, 6) is 0.379. The van der Waals surface area contributed by atoms with Gasteiger partial charge < -0.3 is 4.42 Å². The van der Waals surface area contributed by atoms with Gasteiger partial charge in [0.15, 0.2) is 5.58 Å². The molecule has 0 N–H and O–H groups in total. The van der Waals surface area contributed by atoms with Gasteiger partial charge in [-0.15, -0.1) is 0 Å². The molecule has 0 spiro atoms. The van der Waals surface area contributed by atoms with Crippen LogP contribution in [0.5, 0.6) is 0 Å². The highest BCUT2D eigenvalue weighted by Crippen LogP contribution is 2.31. The van der Waals surface area contributed by atoms with Crippen molar-refractivity contribution in [1.29, 1.82) is 0 Å². The number of fused-ring (bicyclic) bond motifs is 1. The predicted octanol–water partition coefficient (Wildman–Crippen LogP) is 3.89. The molecule has 19 heavy (non-hydrogen) atoms. The van der Waals surface area contributed by atoms with E-state index in [1.807, 2.05) is 0 Å². The third-order valence-corrected chi connectivity index (χ3v) is 4.54. The highest BCUT2D eigenvalue weighted by molar-refractivity contribution is 14.2. The van der Waals surface area contributed by atoms with Crippen molar-refractivity contribution in [3.8, 4) is 0 Å². The van der Waals surface area contributed by atoms with Crippen LogP contribution in [-0.4, -0.2) is 12.7 Å². The molecule has 0 saturated heterocycles. The number of oxazole rings is 1. The van der Waals surface area contributed by atoms with Crippen molar-refractivity contribution in [3.63, 3.8) is 0 Å². The summed E-state index contributed by atoms with van der Waals surface area (Å²) in [6, 6.07) is 3.30. The Morgan fingerprint density at radius 3 is 2.74 bits per heavy atom. The first-order valence-electron chi connectivity index (χ1n) is 5.21. The molecule has 7 heteroatoms. The van der Waals surface area contributed by atoms with Crippen LogP contribution in [0.15, 0.2) is 39.9 Å². The van der Waals surface area contributed by atoms with Crippen LogP contribution in [0.3, 0.4) is 0 Å². The number of hydrogen-bond donors (Lipinski definition) is 0. The highest BCUT2D eigenvalue weighted by atomic mass is 127. The molecule has 2 aromatic rings. The normalized spacial score (nSPS) is 15.4. The molecule has 0 fully saturated rings. The van der Waals surface area contributed by atoms with Gasteiger partial charge in [-0.1, -0.05) is 20.7 Å².